The molecular weight excluding hydrogens is 362 g/mol. The van der Waals surface area contributed by atoms with E-state index < -0.39 is 4.92 Å². The van der Waals surface area contributed by atoms with Crippen molar-refractivity contribution in [1.82, 2.24) is 14.8 Å². The zero-order chi connectivity index (χ0) is 15.6. The van der Waals surface area contributed by atoms with E-state index in [9.17, 15) is 14.9 Å². The molecule has 0 fully saturated rings. The Labute approximate surface area is 132 Å². The zero-order valence-corrected chi connectivity index (χ0v) is 13.7. The number of rotatable bonds is 5. The lowest BCUT2D eigenvalue weighted by atomic mass is 10.4. The van der Waals surface area contributed by atoms with Crippen LogP contribution in [0.3, 0.4) is 0 Å². The van der Waals surface area contributed by atoms with Gasteiger partial charge in [-0.2, -0.15) is 4.68 Å². The molecule has 1 amide bonds. The number of anilines is 1. The summed E-state index contributed by atoms with van der Waals surface area (Å²) in [6, 6.07) is 0. The molecule has 10 heteroatoms. The van der Waals surface area contributed by atoms with Crippen molar-refractivity contribution in [3.63, 3.8) is 0 Å². The van der Waals surface area contributed by atoms with Crippen LogP contribution in [-0.2, 0) is 11.3 Å². The van der Waals surface area contributed by atoms with Gasteiger partial charge in [0.05, 0.1) is 23.5 Å². The topological polar surface area (TPSA) is 103 Å². The van der Waals surface area contributed by atoms with Crippen LogP contribution >= 0.6 is 27.3 Å². The lowest BCUT2D eigenvalue weighted by molar-refractivity contribution is -0.390. The minimum Gasteiger partial charge on any atom is -0.358 e. The molecule has 0 aromatic carbocycles. The molecule has 0 bridgehead atoms. The molecule has 2 aromatic heterocycles. The smallest absolute Gasteiger partial charge is 0.358 e. The van der Waals surface area contributed by atoms with Crippen LogP contribution in [0, 0.1) is 24.0 Å². The van der Waals surface area contributed by atoms with Gasteiger partial charge in [-0.3, -0.25) is 4.79 Å². The van der Waals surface area contributed by atoms with E-state index in [-0.39, 0.29) is 24.7 Å². The van der Waals surface area contributed by atoms with E-state index >= 15 is 0 Å². The van der Waals surface area contributed by atoms with Gasteiger partial charge in [-0.05, 0) is 34.7 Å². The number of hydrogen-bond donors (Lipinski definition) is 1. The molecule has 2 aromatic rings. The van der Waals surface area contributed by atoms with E-state index in [1.54, 1.807) is 0 Å². The number of halogens is 1. The summed E-state index contributed by atoms with van der Waals surface area (Å²) in [6.07, 6.45) is 1.63. The Morgan fingerprint density at radius 2 is 2.29 bits per heavy atom. The van der Waals surface area contributed by atoms with E-state index in [4.69, 9.17) is 0 Å². The first-order valence-corrected chi connectivity index (χ1v) is 7.59. The van der Waals surface area contributed by atoms with Crippen molar-refractivity contribution >= 4 is 44.1 Å². The van der Waals surface area contributed by atoms with E-state index in [0.29, 0.717) is 9.60 Å². The highest BCUT2D eigenvalue weighted by molar-refractivity contribution is 9.10. The van der Waals surface area contributed by atoms with E-state index in [2.05, 4.69) is 31.3 Å². The maximum atomic E-state index is 11.8. The number of carbonyl (C=O) groups is 1. The molecule has 2 rings (SSSR count). The predicted octanol–water partition coefficient (Wildman–Crippen LogP) is 2.66. The Hall–Kier alpha value is -1.81. The van der Waals surface area contributed by atoms with Crippen LogP contribution in [-0.4, -0.2) is 25.6 Å². The Morgan fingerprint density at radius 1 is 1.57 bits per heavy atom. The van der Waals surface area contributed by atoms with Crippen molar-refractivity contribution in [1.29, 1.82) is 0 Å². The molecule has 0 unspecified atom stereocenters. The molecule has 0 atom stereocenters. The van der Waals surface area contributed by atoms with Gasteiger partial charge in [0.2, 0.25) is 5.91 Å². The molecule has 21 heavy (non-hydrogen) atoms. The van der Waals surface area contributed by atoms with Crippen molar-refractivity contribution in [2.75, 3.05) is 5.32 Å². The quantitative estimate of drug-likeness (QED) is 0.640. The number of carbonyl (C=O) groups excluding carboxylic acids is 1. The van der Waals surface area contributed by atoms with Crippen molar-refractivity contribution in [2.45, 2.75) is 26.8 Å². The monoisotopic (exact) mass is 373 g/mol. The van der Waals surface area contributed by atoms with Crippen molar-refractivity contribution < 1.29 is 9.72 Å². The first-order valence-electron chi connectivity index (χ1n) is 5.98. The standard InChI is InChI=1S/C11H12BrN5O3S/c1-6-7(2)21-11(13-6)14-9(18)3-4-16-5-8(12)10(15-16)17(19)20/h5H,3-4H2,1-2H3,(H,13,14,18). The van der Waals surface area contributed by atoms with E-state index in [1.165, 1.54) is 22.2 Å². The molecule has 1 N–H and O–H groups in total. The van der Waals surface area contributed by atoms with Crippen LogP contribution in [0.15, 0.2) is 10.7 Å². The molecule has 0 aliphatic carbocycles. The first-order chi connectivity index (χ1) is 9.86. The van der Waals surface area contributed by atoms with Gasteiger partial charge in [0, 0.05) is 11.3 Å². The van der Waals surface area contributed by atoms with Crippen LogP contribution < -0.4 is 5.32 Å². The van der Waals surface area contributed by atoms with Gasteiger partial charge >= 0.3 is 5.82 Å². The molecule has 2 heterocycles. The number of nitrogens with zero attached hydrogens (tertiary/aromatic N) is 4. The van der Waals surface area contributed by atoms with Gasteiger partial charge in [-0.1, -0.05) is 0 Å². The lowest BCUT2D eigenvalue weighted by Gasteiger charge is -1.99. The number of nitrogens with one attached hydrogen (secondary N) is 1. The van der Waals surface area contributed by atoms with Gasteiger partial charge in [0.25, 0.3) is 0 Å². The van der Waals surface area contributed by atoms with Gasteiger partial charge in [-0.15, -0.1) is 11.3 Å². The summed E-state index contributed by atoms with van der Waals surface area (Å²) in [6.45, 7) is 4.06. The largest absolute Gasteiger partial charge is 0.404 e. The van der Waals surface area contributed by atoms with Gasteiger partial charge in [0.1, 0.15) is 4.47 Å². The van der Waals surface area contributed by atoms with Crippen molar-refractivity contribution in [3.05, 3.63) is 31.4 Å². The number of amides is 1. The Morgan fingerprint density at radius 3 is 2.81 bits per heavy atom. The SMILES string of the molecule is Cc1nc(NC(=O)CCn2cc(Br)c([N+](=O)[O-])n2)sc1C. The summed E-state index contributed by atoms with van der Waals surface area (Å²) in [4.78, 5) is 27.1. The molecule has 0 aliphatic heterocycles. The fraction of sp³-hybridized carbons (Fsp3) is 0.364. The molecule has 0 spiro atoms. The average Bonchev–Trinajstić information content (AvgIpc) is 2.91. The Bertz CT molecular complexity index is 677. The Balaban J connectivity index is 1.92. The fourth-order valence-corrected chi connectivity index (χ4v) is 2.84. The normalized spacial score (nSPS) is 10.6. The summed E-state index contributed by atoms with van der Waals surface area (Å²) in [7, 11) is 0. The first kappa shape index (κ1) is 15.6. The van der Waals surface area contributed by atoms with Gasteiger partial charge in [-0.25, -0.2) is 4.98 Å². The van der Waals surface area contributed by atoms with Crippen LogP contribution in [0.4, 0.5) is 10.9 Å². The van der Waals surface area contributed by atoms with Crippen LogP contribution in [0.2, 0.25) is 0 Å². The molecule has 0 aliphatic rings. The predicted molar refractivity (Wildman–Crippen MR) is 81.4 cm³/mol. The maximum absolute atomic E-state index is 11.8. The van der Waals surface area contributed by atoms with E-state index in [1.807, 2.05) is 13.8 Å². The zero-order valence-electron chi connectivity index (χ0n) is 11.3. The highest BCUT2D eigenvalue weighted by Crippen LogP contribution is 2.23. The number of nitro groups is 1. The minimum atomic E-state index is -0.582. The fourth-order valence-electron chi connectivity index (χ4n) is 1.55. The number of aromatic nitrogens is 3. The highest BCUT2D eigenvalue weighted by atomic mass is 79.9. The summed E-state index contributed by atoms with van der Waals surface area (Å²) >= 11 is 4.47. The third-order valence-corrected chi connectivity index (χ3v) is 4.26. The van der Waals surface area contributed by atoms with Gasteiger partial charge in [0.15, 0.2) is 5.13 Å². The number of hydrogen-bond acceptors (Lipinski definition) is 6. The summed E-state index contributed by atoms with van der Waals surface area (Å²) in [5, 5.41) is 17.7. The maximum Gasteiger partial charge on any atom is 0.404 e. The molecular formula is C11H12BrN5O3S. The van der Waals surface area contributed by atoms with Crippen molar-refractivity contribution in [2.24, 2.45) is 0 Å². The van der Waals surface area contributed by atoms with E-state index in [0.717, 1.165) is 10.6 Å². The summed E-state index contributed by atoms with van der Waals surface area (Å²) < 4.78 is 1.65. The Kier molecular flexibility index (Phi) is 4.68. The summed E-state index contributed by atoms with van der Waals surface area (Å²) in [5.74, 6) is -0.473. The third kappa shape index (κ3) is 3.85. The highest BCUT2D eigenvalue weighted by Gasteiger charge is 2.19. The summed E-state index contributed by atoms with van der Waals surface area (Å²) in [5.41, 5.74) is 0.891. The average molecular weight is 374 g/mol. The van der Waals surface area contributed by atoms with Crippen LogP contribution in [0.1, 0.15) is 17.0 Å². The molecule has 0 saturated carbocycles. The van der Waals surface area contributed by atoms with Crippen molar-refractivity contribution in [3.8, 4) is 0 Å². The number of thiazole rings is 1. The number of aryl methyl sites for hydroxylation is 3. The second-order valence-electron chi connectivity index (χ2n) is 4.28. The molecule has 0 saturated heterocycles. The second-order valence-corrected chi connectivity index (χ2v) is 6.34. The second kappa shape index (κ2) is 6.31. The molecule has 0 radical (unpaired) electrons. The van der Waals surface area contributed by atoms with Crippen LogP contribution in [0.25, 0.3) is 0 Å². The molecule has 8 nitrogen and oxygen atoms in total. The minimum absolute atomic E-state index is 0.156. The molecule has 112 valence electrons. The van der Waals surface area contributed by atoms with Crippen LogP contribution in [0.5, 0.6) is 0 Å². The van der Waals surface area contributed by atoms with Gasteiger partial charge < -0.3 is 15.4 Å². The third-order valence-electron chi connectivity index (χ3n) is 2.71. The lowest BCUT2D eigenvalue weighted by Crippen LogP contribution is -2.14.